The molecule has 0 unspecified atom stereocenters. The van der Waals surface area contributed by atoms with Crippen molar-refractivity contribution in [3.05, 3.63) is 65.5 Å². The normalized spacial score (nSPS) is 14.3. The number of benzene rings is 2. The minimum absolute atomic E-state index is 0.0373. The summed E-state index contributed by atoms with van der Waals surface area (Å²) in [6.45, 7) is 1.47. The zero-order valence-corrected chi connectivity index (χ0v) is 20.8. The second-order valence-electron chi connectivity index (χ2n) is 9.35. The van der Waals surface area contributed by atoms with E-state index in [0.717, 1.165) is 17.9 Å². The molecule has 0 atom stereocenters. The van der Waals surface area contributed by atoms with Gasteiger partial charge in [-0.25, -0.2) is 0 Å². The first-order valence-electron chi connectivity index (χ1n) is 12.6. The quantitative estimate of drug-likeness (QED) is 0.412. The topological polar surface area (TPSA) is 80.5 Å². The fourth-order valence-electron chi connectivity index (χ4n) is 4.70. The van der Waals surface area contributed by atoms with E-state index in [0.29, 0.717) is 43.6 Å². The number of amides is 1. The Hall–Kier alpha value is -3.19. The third-order valence-corrected chi connectivity index (χ3v) is 6.82. The molecule has 1 saturated carbocycles. The lowest BCUT2D eigenvalue weighted by molar-refractivity contribution is -0.121. The van der Waals surface area contributed by atoms with Crippen molar-refractivity contribution in [3.8, 4) is 17.1 Å². The van der Waals surface area contributed by atoms with Crippen molar-refractivity contribution in [1.29, 1.82) is 0 Å². The Morgan fingerprint density at radius 2 is 1.83 bits per heavy atom. The van der Waals surface area contributed by atoms with Crippen molar-refractivity contribution in [1.82, 2.24) is 20.4 Å². The lowest BCUT2D eigenvalue weighted by atomic mass is 9.94. The van der Waals surface area contributed by atoms with Crippen molar-refractivity contribution in [3.63, 3.8) is 0 Å². The number of nitrogens with zero attached hydrogens (tertiary/aromatic N) is 3. The highest BCUT2D eigenvalue weighted by atomic mass is 16.5. The maximum absolute atomic E-state index is 12.5. The Morgan fingerprint density at radius 1 is 1.09 bits per heavy atom. The summed E-state index contributed by atoms with van der Waals surface area (Å²) < 4.78 is 10.5. The van der Waals surface area contributed by atoms with E-state index < -0.39 is 0 Å². The van der Waals surface area contributed by atoms with Crippen LogP contribution in [0, 0.1) is 0 Å². The number of aromatic nitrogens is 2. The minimum Gasteiger partial charge on any atom is -0.497 e. The molecule has 1 N–H and O–H groups in total. The SMILES string of the molecule is COc1ccc(-c2noc(CCCC(=O)NCc3ccccc3CN(C)C3CCCCC3)n2)cc1. The first-order chi connectivity index (χ1) is 17.1. The van der Waals surface area contributed by atoms with Gasteiger partial charge in [0.25, 0.3) is 0 Å². The number of carbonyl (C=O) groups is 1. The summed E-state index contributed by atoms with van der Waals surface area (Å²) in [7, 11) is 3.86. The summed E-state index contributed by atoms with van der Waals surface area (Å²) in [5.74, 6) is 1.90. The molecular weight excluding hydrogens is 440 g/mol. The molecule has 1 amide bonds. The van der Waals surface area contributed by atoms with Gasteiger partial charge in [0.2, 0.25) is 17.6 Å². The number of ether oxygens (including phenoxy) is 1. The summed E-state index contributed by atoms with van der Waals surface area (Å²) in [6.07, 6.45) is 8.25. The summed E-state index contributed by atoms with van der Waals surface area (Å²) in [5, 5.41) is 7.14. The number of carbonyl (C=O) groups excluding carboxylic acids is 1. The highest BCUT2D eigenvalue weighted by Crippen LogP contribution is 2.24. The number of methoxy groups -OCH3 is 1. The zero-order valence-electron chi connectivity index (χ0n) is 20.8. The van der Waals surface area contributed by atoms with Crippen LogP contribution in [0.15, 0.2) is 53.1 Å². The molecule has 0 spiro atoms. The molecule has 0 saturated heterocycles. The van der Waals surface area contributed by atoms with Crippen molar-refractivity contribution in [2.75, 3.05) is 14.2 Å². The van der Waals surface area contributed by atoms with Gasteiger partial charge in [0.15, 0.2) is 0 Å². The summed E-state index contributed by atoms with van der Waals surface area (Å²) >= 11 is 0. The van der Waals surface area contributed by atoms with E-state index >= 15 is 0 Å². The van der Waals surface area contributed by atoms with E-state index in [4.69, 9.17) is 9.26 Å². The molecule has 7 heteroatoms. The van der Waals surface area contributed by atoms with Gasteiger partial charge in [0, 0.05) is 37.5 Å². The summed E-state index contributed by atoms with van der Waals surface area (Å²) in [6, 6.07) is 16.6. The summed E-state index contributed by atoms with van der Waals surface area (Å²) in [5.41, 5.74) is 3.34. The molecule has 35 heavy (non-hydrogen) atoms. The molecule has 4 rings (SSSR count). The molecule has 0 aliphatic heterocycles. The average molecular weight is 477 g/mol. The fourth-order valence-corrected chi connectivity index (χ4v) is 4.70. The Labute approximate surface area is 207 Å². The Bertz CT molecular complexity index is 1070. The van der Waals surface area contributed by atoms with Crippen LogP contribution in [-0.4, -0.2) is 41.1 Å². The molecule has 186 valence electrons. The molecular formula is C28H36N4O3. The van der Waals surface area contributed by atoms with Gasteiger partial charge in [0.05, 0.1) is 7.11 Å². The number of hydrogen-bond donors (Lipinski definition) is 1. The largest absolute Gasteiger partial charge is 0.497 e. The maximum atomic E-state index is 12.5. The van der Waals surface area contributed by atoms with Gasteiger partial charge >= 0.3 is 0 Å². The molecule has 1 aliphatic carbocycles. The fraction of sp³-hybridized carbons (Fsp3) is 0.464. The predicted molar refractivity (Wildman–Crippen MR) is 136 cm³/mol. The average Bonchev–Trinajstić information content (AvgIpc) is 3.37. The monoisotopic (exact) mass is 476 g/mol. The lowest BCUT2D eigenvalue weighted by Crippen LogP contribution is -2.33. The Morgan fingerprint density at radius 3 is 2.57 bits per heavy atom. The van der Waals surface area contributed by atoms with E-state index in [1.807, 2.05) is 30.3 Å². The second kappa shape index (κ2) is 12.5. The number of hydrogen-bond acceptors (Lipinski definition) is 6. The molecule has 2 aromatic carbocycles. The lowest BCUT2D eigenvalue weighted by Gasteiger charge is -2.31. The first-order valence-corrected chi connectivity index (χ1v) is 12.6. The third-order valence-electron chi connectivity index (χ3n) is 6.82. The van der Waals surface area contributed by atoms with Gasteiger partial charge in [-0.3, -0.25) is 9.69 Å². The first kappa shape index (κ1) is 24.9. The smallest absolute Gasteiger partial charge is 0.226 e. The minimum atomic E-state index is 0.0373. The van der Waals surface area contributed by atoms with Crippen LogP contribution in [0.4, 0.5) is 0 Å². The van der Waals surface area contributed by atoms with E-state index in [1.165, 1.54) is 43.2 Å². The second-order valence-corrected chi connectivity index (χ2v) is 9.35. The molecule has 7 nitrogen and oxygen atoms in total. The Balaban J connectivity index is 1.22. The van der Waals surface area contributed by atoms with Crippen LogP contribution in [-0.2, 0) is 24.3 Å². The molecule has 1 heterocycles. The van der Waals surface area contributed by atoms with E-state index in [1.54, 1.807) is 7.11 Å². The van der Waals surface area contributed by atoms with E-state index in [2.05, 4.69) is 45.6 Å². The summed E-state index contributed by atoms with van der Waals surface area (Å²) in [4.78, 5) is 19.4. The Kier molecular flexibility index (Phi) is 8.90. The van der Waals surface area contributed by atoms with E-state index in [9.17, 15) is 4.79 Å². The molecule has 3 aromatic rings. The van der Waals surface area contributed by atoms with Crippen molar-refractivity contribution < 1.29 is 14.1 Å². The van der Waals surface area contributed by atoms with Crippen LogP contribution in [0.2, 0.25) is 0 Å². The van der Waals surface area contributed by atoms with Gasteiger partial charge in [0.1, 0.15) is 5.75 Å². The molecule has 0 radical (unpaired) electrons. The van der Waals surface area contributed by atoms with Gasteiger partial charge in [-0.2, -0.15) is 4.98 Å². The van der Waals surface area contributed by atoms with Crippen LogP contribution in [0.25, 0.3) is 11.4 Å². The number of aryl methyl sites for hydroxylation is 1. The van der Waals surface area contributed by atoms with Gasteiger partial charge in [-0.05, 0) is 61.7 Å². The van der Waals surface area contributed by atoms with Crippen molar-refractivity contribution >= 4 is 5.91 Å². The van der Waals surface area contributed by atoms with Gasteiger partial charge in [-0.1, -0.05) is 48.7 Å². The van der Waals surface area contributed by atoms with Crippen LogP contribution < -0.4 is 10.1 Å². The molecule has 1 fully saturated rings. The number of nitrogens with one attached hydrogen (secondary N) is 1. The van der Waals surface area contributed by atoms with Crippen molar-refractivity contribution in [2.24, 2.45) is 0 Å². The standard InChI is InChI=1S/C28H36N4O3/c1-32(24-11-4-3-5-12-24)20-23-10-7-6-9-22(23)19-29-26(33)13-8-14-27-30-28(31-35-27)21-15-17-25(34-2)18-16-21/h6-7,9-10,15-18,24H,3-5,8,11-14,19-20H2,1-2H3,(H,29,33). The molecule has 1 aromatic heterocycles. The van der Waals surface area contributed by atoms with E-state index in [-0.39, 0.29) is 5.91 Å². The van der Waals surface area contributed by atoms with Crippen LogP contribution in [0.5, 0.6) is 5.75 Å². The van der Waals surface area contributed by atoms with Crippen molar-refractivity contribution in [2.45, 2.75) is 70.5 Å². The van der Waals surface area contributed by atoms with Gasteiger partial charge in [-0.15, -0.1) is 0 Å². The van der Waals surface area contributed by atoms with Gasteiger partial charge < -0.3 is 14.6 Å². The maximum Gasteiger partial charge on any atom is 0.226 e. The van der Waals surface area contributed by atoms with Crippen LogP contribution >= 0.6 is 0 Å². The zero-order chi connectivity index (χ0) is 24.5. The highest BCUT2D eigenvalue weighted by Gasteiger charge is 2.19. The van der Waals surface area contributed by atoms with Crippen LogP contribution in [0.1, 0.15) is 62.0 Å². The number of rotatable bonds is 11. The molecule has 1 aliphatic rings. The van der Waals surface area contributed by atoms with Crippen LogP contribution in [0.3, 0.4) is 0 Å². The molecule has 0 bridgehead atoms. The predicted octanol–water partition coefficient (Wildman–Crippen LogP) is 5.15. The highest BCUT2D eigenvalue weighted by molar-refractivity contribution is 5.75. The third kappa shape index (κ3) is 7.15.